The molecule has 2 heteroatoms. The van der Waals surface area contributed by atoms with Crippen LogP contribution in [0.2, 0.25) is 0 Å². The van der Waals surface area contributed by atoms with Gasteiger partial charge in [-0.3, -0.25) is 4.79 Å². The van der Waals surface area contributed by atoms with Crippen molar-refractivity contribution in [2.75, 3.05) is 0 Å². The third kappa shape index (κ3) is 1.70. The van der Waals surface area contributed by atoms with Crippen molar-refractivity contribution < 1.29 is 9.90 Å². The molecule has 20 heavy (non-hydrogen) atoms. The van der Waals surface area contributed by atoms with Gasteiger partial charge >= 0.3 is 0 Å². The highest BCUT2D eigenvalue weighted by Crippen LogP contribution is 2.61. The predicted octanol–water partition coefficient (Wildman–Crippen LogP) is 3.49. The Labute approximate surface area is 121 Å². The topological polar surface area (TPSA) is 37.3 Å². The molecule has 0 amide bonds. The molecule has 0 heterocycles. The van der Waals surface area contributed by atoms with Crippen LogP contribution in [0.4, 0.5) is 0 Å². The minimum atomic E-state index is -0.0710. The van der Waals surface area contributed by atoms with Crippen molar-refractivity contribution in [2.45, 2.75) is 64.4 Å². The van der Waals surface area contributed by atoms with Crippen molar-refractivity contribution in [3.8, 4) is 0 Å². The van der Waals surface area contributed by atoms with E-state index in [-0.39, 0.29) is 11.5 Å². The van der Waals surface area contributed by atoms with E-state index in [1.807, 2.05) is 6.08 Å². The van der Waals surface area contributed by atoms with Gasteiger partial charge in [0.1, 0.15) is 0 Å². The smallest absolute Gasteiger partial charge is 0.155 e. The first kappa shape index (κ1) is 13.1. The molecule has 0 aromatic rings. The average Bonchev–Trinajstić information content (AvgIpc) is 2.74. The van der Waals surface area contributed by atoms with Crippen LogP contribution in [0, 0.1) is 29.1 Å². The Morgan fingerprint density at radius 3 is 2.80 bits per heavy atom. The van der Waals surface area contributed by atoms with Crippen LogP contribution in [-0.2, 0) is 4.79 Å². The Kier molecular flexibility index (Phi) is 2.89. The standard InChI is InChI=1S/C18H26O2/c1-18-9-8-14-13-5-3-12(19)10-11(13)2-4-15(14)16(18)6-7-17(18)20/h10,13-17,20H,2-9H2,1H3/t13?,14?,15-,16?,17?,18?/m1/s1. The maximum atomic E-state index is 11.6. The molecule has 2 nitrogen and oxygen atoms in total. The largest absolute Gasteiger partial charge is 0.393 e. The molecule has 0 aliphatic heterocycles. The molecule has 110 valence electrons. The van der Waals surface area contributed by atoms with E-state index in [0.717, 1.165) is 43.4 Å². The quantitative estimate of drug-likeness (QED) is 0.734. The monoisotopic (exact) mass is 274 g/mol. The van der Waals surface area contributed by atoms with Crippen molar-refractivity contribution in [1.29, 1.82) is 0 Å². The third-order valence-electron chi connectivity index (χ3n) is 7.25. The molecule has 4 rings (SSSR count). The summed E-state index contributed by atoms with van der Waals surface area (Å²) in [6.45, 7) is 2.33. The molecule has 1 N–H and O–H groups in total. The van der Waals surface area contributed by atoms with Crippen molar-refractivity contribution in [3.63, 3.8) is 0 Å². The van der Waals surface area contributed by atoms with E-state index in [9.17, 15) is 9.90 Å². The van der Waals surface area contributed by atoms with Crippen LogP contribution in [0.5, 0.6) is 0 Å². The SMILES string of the molecule is CC12CCC3C4CCC(=O)C=C4CC[C@H]3C1CCC2O. The lowest BCUT2D eigenvalue weighted by Gasteiger charge is -2.53. The highest BCUT2D eigenvalue weighted by Gasteiger charge is 2.55. The second kappa shape index (κ2) is 4.43. The summed E-state index contributed by atoms with van der Waals surface area (Å²) >= 11 is 0. The zero-order valence-electron chi connectivity index (χ0n) is 12.5. The van der Waals surface area contributed by atoms with Gasteiger partial charge < -0.3 is 5.11 Å². The lowest BCUT2D eigenvalue weighted by Crippen LogP contribution is -2.47. The fourth-order valence-corrected chi connectivity index (χ4v) is 6.15. The van der Waals surface area contributed by atoms with Gasteiger partial charge in [0.2, 0.25) is 0 Å². The van der Waals surface area contributed by atoms with E-state index in [2.05, 4.69) is 6.92 Å². The highest BCUT2D eigenvalue weighted by atomic mass is 16.3. The Morgan fingerprint density at radius 2 is 1.95 bits per heavy atom. The van der Waals surface area contributed by atoms with Gasteiger partial charge in [0, 0.05) is 6.42 Å². The van der Waals surface area contributed by atoms with Crippen LogP contribution < -0.4 is 0 Å². The third-order valence-corrected chi connectivity index (χ3v) is 7.25. The van der Waals surface area contributed by atoms with Crippen LogP contribution >= 0.6 is 0 Å². The first-order chi connectivity index (χ1) is 9.59. The van der Waals surface area contributed by atoms with Crippen LogP contribution in [0.3, 0.4) is 0 Å². The molecule has 0 aromatic heterocycles. The number of allylic oxidation sites excluding steroid dienone is 1. The minimum Gasteiger partial charge on any atom is -0.393 e. The van der Waals surface area contributed by atoms with Crippen molar-refractivity contribution >= 4 is 5.78 Å². The van der Waals surface area contributed by atoms with Crippen molar-refractivity contribution in [1.82, 2.24) is 0 Å². The lowest BCUT2D eigenvalue weighted by molar-refractivity contribution is -0.116. The van der Waals surface area contributed by atoms with Gasteiger partial charge in [-0.15, -0.1) is 0 Å². The minimum absolute atomic E-state index is 0.0710. The average molecular weight is 274 g/mol. The molecule has 0 spiro atoms. The number of rotatable bonds is 0. The summed E-state index contributed by atoms with van der Waals surface area (Å²) in [7, 11) is 0. The Morgan fingerprint density at radius 1 is 1.10 bits per heavy atom. The number of hydrogen-bond donors (Lipinski definition) is 1. The molecule has 0 radical (unpaired) electrons. The first-order valence-electron chi connectivity index (χ1n) is 8.51. The van der Waals surface area contributed by atoms with E-state index in [0.29, 0.717) is 11.7 Å². The van der Waals surface area contributed by atoms with E-state index >= 15 is 0 Å². The van der Waals surface area contributed by atoms with Crippen LogP contribution in [0.15, 0.2) is 11.6 Å². The van der Waals surface area contributed by atoms with E-state index < -0.39 is 0 Å². The van der Waals surface area contributed by atoms with Gasteiger partial charge in [-0.25, -0.2) is 0 Å². The van der Waals surface area contributed by atoms with E-state index in [1.54, 1.807) is 0 Å². The predicted molar refractivity (Wildman–Crippen MR) is 78.1 cm³/mol. The maximum absolute atomic E-state index is 11.6. The fraction of sp³-hybridized carbons (Fsp3) is 0.833. The number of carbonyl (C=O) groups excluding carboxylic acids is 1. The van der Waals surface area contributed by atoms with Crippen LogP contribution in [-0.4, -0.2) is 17.0 Å². The molecule has 6 atom stereocenters. The van der Waals surface area contributed by atoms with Gasteiger partial charge in [0.15, 0.2) is 5.78 Å². The number of ketones is 1. The van der Waals surface area contributed by atoms with Crippen molar-refractivity contribution in [3.05, 3.63) is 11.6 Å². The van der Waals surface area contributed by atoms with Crippen LogP contribution in [0.25, 0.3) is 0 Å². The summed E-state index contributed by atoms with van der Waals surface area (Å²) in [6.07, 6.45) is 10.9. The fourth-order valence-electron chi connectivity index (χ4n) is 6.15. The van der Waals surface area contributed by atoms with Crippen molar-refractivity contribution in [2.24, 2.45) is 29.1 Å². The summed E-state index contributed by atoms with van der Waals surface area (Å²) in [4.78, 5) is 11.6. The molecule has 0 bridgehead atoms. The normalized spacial score (nSPS) is 51.0. The molecule has 3 fully saturated rings. The number of aliphatic hydroxyl groups is 1. The highest BCUT2D eigenvalue weighted by molar-refractivity contribution is 5.91. The maximum Gasteiger partial charge on any atom is 0.155 e. The molecule has 4 aliphatic carbocycles. The zero-order valence-corrected chi connectivity index (χ0v) is 12.5. The van der Waals surface area contributed by atoms with Gasteiger partial charge in [-0.1, -0.05) is 12.5 Å². The Hall–Kier alpha value is -0.630. The molecule has 5 unspecified atom stereocenters. The Bertz CT molecular complexity index is 466. The summed E-state index contributed by atoms with van der Waals surface area (Å²) in [5.74, 6) is 3.38. The molecule has 4 aliphatic rings. The summed E-state index contributed by atoms with van der Waals surface area (Å²) in [5, 5.41) is 10.4. The van der Waals surface area contributed by atoms with Gasteiger partial charge in [0.05, 0.1) is 6.10 Å². The second-order valence-electron chi connectivity index (χ2n) is 7.94. The number of fused-ring (bicyclic) bond motifs is 5. The number of carbonyl (C=O) groups is 1. The lowest BCUT2D eigenvalue weighted by atomic mass is 9.52. The molecular weight excluding hydrogens is 248 g/mol. The van der Waals surface area contributed by atoms with Crippen LogP contribution in [0.1, 0.15) is 58.3 Å². The molecule has 0 saturated heterocycles. The Balaban J connectivity index is 1.63. The molecule has 0 aromatic carbocycles. The van der Waals surface area contributed by atoms with Gasteiger partial charge in [-0.05, 0) is 80.1 Å². The van der Waals surface area contributed by atoms with Gasteiger partial charge in [0.25, 0.3) is 0 Å². The summed E-state index contributed by atoms with van der Waals surface area (Å²) in [5.41, 5.74) is 1.65. The zero-order chi connectivity index (χ0) is 13.9. The van der Waals surface area contributed by atoms with Gasteiger partial charge in [-0.2, -0.15) is 0 Å². The van der Waals surface area contributed by atoms with E-state index in [4.69, 9.17) is 0 Å². The summed E-state index contributed by atoms with van der Waals surface area (Å²) in [6, 6.07) is 0. The second-order valence-corrected chi connectivity index (χ2v) is 7.94. The first-order valence-corrected chi connectivity index (χ1v) is 8.51. The number of hydrogen-bond acceptors (Lipinski definition) is 2. The molecule has 3 saturated carbocycles. The number of aliphatic hydroxyl groups excluding tert-OH is 1. The molecular formula is C18H26O2. The summed E-state index contributed by atoms with van der Waals surface area (Å²) < 4.78 is 0. The van der Waals surface area contributed by atoms with E-state index in [1.165, 1.54) is 31.3 Å².